The number of carbonyl (C=O) groups is 1. The van der Waals surface area contributed by atoms with Gasteiger partial charge < -0.3 is 14.4 Å². The van der Waals surface area contributed by atoms with Gasteiger partial charge in [0.25, 0.3) is 0 Å². The standard InChI is InChI=1S/C15H19NO3/c1-15(2,14(17)18)8-9-16(3)12-10-19-13-7-5-4-6-11(12)13/h4-7,10H,8-9H2,1-3H3,(H,17,18). The van der Waals surface area contributed by atoms with E-state index in [9.17, 15) is 4.79 Å². The maximum absolute atomic E-state index is 11.1. The fourth-order valence-electron chi connectivity index (χ4n) is 1.93. The summed E-state index contributed by atoms with van der Waals surface area (Å²) >= 11 is 0. The molecule has 102 valence electrons. The number of hydrogen-bond donors (Lipinski definition) is 1. The fraction of sp³-hybridized carbons (Fsp3) is 0.400. The molecule has 1 heterocycles. The second kappa shape index (κ2) is 4.96. The van der Waals surface area contributed by atoms with Gasteiger partial charge in [-0.15, -0.1) is 0 Å². The van der Waals surface area contributed by atoms with Crippen LogP contribution < -0.4 is 4.90 Å². The largest absolute Gasteiger partial charge is 0.481 e. The van der Waals surface area contributed by atoms with Crippen molar-refractivity contribution in [3.05, 3.63) is 30.5 Å². The summed E-state index contributed by atoms with van der Waals surface area (Å²) in [6.45, 7) is 4.16. The summed E-state index contributed by atoms with van der Waals surface area (Å²) < 4.78 is 5.49. The number of aliphatic carboxylic acids is 1. The maximum Gasteiger partial charge on any atom is 0.309 e. The zero-order chi connectivity index (χ0) is 14.0. The summed E-state index contributed by atoms with van der Waals surface area (Å²) in [5, 5.41) is 10.2. The third-order valence-corrected chi connectivity index (χ3v) is 3.52. The maximum atomic E-state index is 11.1. The molecule has 0 aliphatic carbocycles. The Balaban J connectivity index is 2.12. The molecule has 0 aliphatic heterocycles. The number of para-hydroxylation sites is 1. The lowest BCUT2D eigenvalue weighted by molar-refractivity contribution is -0.147. The van der Waals surface area contributed by atoms with Crippen molar-refractivity contribution in [1.29, 1.82) is 0 Å². The van der Waals surface area contributed by atoms with Gasteiger partial charge in [0.1, 0.15) is 11.8 Å². The van der Waals surface area contributed by atoms with Crippen LogP contribution in [0.4, 0.5) is 5.69 Å². The van der Waals surface area contributed by atoms with Crippen LogP contribution in [0.15, 0.2) is 34.9 Å². The predicted octanol–water partition coefficient (Wildman–Crippen LogP) is 3.37. The van der Waals surface area contributed by atoms with E-state index in [2.05, 4.69) is 0 Å². The lowest BCUT2D eigenvalue weighted by atomic mass is 9.89. The van der Waals surface area contributed by atoms with Crippen LogP contribution in [0, 0.1) is 5.41 Å². The molecule has 1 aromatic heterocycles. The van der Waals surface area contributed by atoms with Crippen LogP contribution in [-0.4, -0.2) is 24.7 Å². The Labute approximate surface area is 112 Å². The number of anilines is 1. The molecule has 1 aromatic carbocycles. The molecule has 0 atom stereocenters. The molecule has 2 rings (SSSR count). The molecule has 0 radical (unpaired) electrons. The Bertz CT molecular complexity index is 586. The van der Waals surface area contributed by atoms with Gasteiger partial charge in [0, 0.05) is 19.0 Å². The highest BCUT2D eigenvalue weighted by molar-refractivity contribution is 5.90. The summed E-state index contributed by atoms with van der Waals surface area (Å²) in [5.74, 6) is -0.766. The number of nitrogens with zero attached hydrogens (tertiary/aromatic N) is 1. The molecule has 2 aromatic rings. The molecule has 0 spiro atoms. The van der Waals surface area contributed by atoms with E-state index in [4.69, 9.17) is 9.52 Å². The second-order valence-corrected chi connectivity index (χ2v) is 5.48. The highest BCUT2D eigenvalue weighted by atomic mass is 16.4. The first kappa shape index (κ1) is 13.5. The van der Waals surface area contributed by atoms with Gasteiger partial charge in [-0.25, -0.2) is 0 Å². The topological polar surface area (TPSA) is 53.7 Å². The van der Waals surface area contributed by atoms with Crippen LogP contribution in [-0.2, 0) is 4.79 Å². The van der Waals surface area contributed by atoms with Crippen molar-refractivity contribution in [3.63, 3.8) is 0 Å². The van der Waals surface area contributed by atoms with Crippen LogP contribution in [0.5, 0.6) is 0 Å². The summed E-state index contributed by atoms with van der Waals surface area (Å²) in [6.07, 6.45) is 2.30. The van der Waals surface area contributed by atoms with E-state index in [-0.39, 0.29) is 0 Å². The van der Waals surface area contributed by atoms with E-state index >= 15 is 0 Å². The van der Waals surface area contributed by atoms with Gasteiger partial charge in [-0.3, -0.25) is 4.79 Å². The molecule has 0 bridgehead atoms. The van der Waals surface area contributed by atoms with Crippen LogP contribution in [0.25, 0.3) is 11.0 Å². The lowest BCUT2D eigenvalue weighted by Gasteiger charge is -2.24. The SMILES string of the molecule is CN(CCC(C)(C)C(=O)O)c1coc2ccccc12. The number of hydrogen-bond acceptors (Lipinski definition) is 3. The van der Waals surface area contributed by atoms with Crippen LogP contribution in [0.3, 0.4) is 0 Å². The molecule has 0 saturated heterocycles. The van der Waals surface area contributed by atoms with Crippen LogP contribution >= 0.6 is 0 Å². The van der Waals surface area contributed by atoms with E-state index in [1.807, 2.05) is 36.2 Å². The molecule has 0 saturated carbocycles. The summed E-state index contributed by atoms with van der Waals surface area (Å²) in [4.78, 5) is 13.1. The number of fused-ring (bicyclic) bond motifs is 1. The third kappa shape index (κ3) is 2.72. The molecule has 0 unspecified atom stereocenters. The monoisotopic (exact) mass is 261 g/mol. The Hall–Kier alpha value is -1.97. The van der Waals surface area contributed by atoms with Gasteiger partial charge in [0.05, 0.1) is 11.1 Å². The third-order valence-electron chi connectivity index (χ3n) is 3.52. The molecule has 1 N–H and O–H groups in total. The molecule has 4 heteroatoms. The zero-order valence-electron chi connectivity index (χ0n) is 11.5. The van der Waals surface area contributed by atoms with E-state index < -0.39 is 11.4 Å². The molecule has 0 fully saturated rings. The van der Waals surface area contributed by atoms with Crippen molar-refractivity contribution < 1.29 is 14.3 Å². The van der Waals surface area contributed by atoms with Crippen molar-refractivity contribution in [1.82, 2.24) is 0 Å². The first-order chi connectivity index (χ1) is 8.92. The molecule has 0 aliphatic rings. The first-order valence-corrected chi connectivity index (χ1v) is 6.32. The Morgan fingerprint density at radius 1 is 1.37 bits per heavy atom. The van der Waals surface area contributed by atoms with Crippen LogP contribution in [0.1, 0.15) is 20.3 Å². The minimum atomic E-state index is -0.766. The smallest absolute Gasteiger partial charge is 0.309 e. The molecule has 0 amide bonds. The van der Waals surface area contributed by atoms with Gasteiger partial charge in [0.2, 0.25) is 0 Å². The average molecular weight is 261 g/mol. The van der Waals surface area contributed by atoms with Gasteiger partial charge in [-0.05, 0) is 32.4 Å². The highest BCUT2D eigenvalue weighted by Gasteiger charge is 2.27. The number of carboxylic acid groups (broad SMARTS) is 1. The van der Waals surface area contributed by atoms with Crippen molar-refractivity contribution >= 4 is 22.6 Å². The zero-order valence-corrected chi connectivity index (χ0v) is 11.5. The van der Waals surface area contributed by atoms with Crippen molar-refractivity contribution in [2.75, 3.05) is 18.5 Å². The average Bonchev–Trinajstić information content (AvgIpc) is 2.79. The van der Waals surface area contributed by atoms with Crippen LogP contribution in [0.2, 0.25) is 0 Å². The van der Waals surface area contributed by atoms with E-state index in [0.29, 0.717) is 13.0 Å². The molecular formula is C15H19NO3. The van der Waals surface area contributed by atoms with Gasteiger partial charge >= 0.3 is 5.97 Å². The fourth-order valence-corrected chi connectivity index (χ4v) is 1.93. The minimum absolute atomic E-state index is 0.582. The number of benzene rings is 1. The Morgan fingerprint density at radius 2 is 2.05 bits per heavy atom. The minimum Gasteiger partial charge on any atom is -0.481 e. The van der Waals surface area contributed by atoms with Gasteiger partial charge in [-0.2, -0.15) is 0 Å². The molecule has 4 nitrogen and oxygen atoms in total. The summed E-state index contributed by atoms with van der Waals surface area (Å²) in [7, 11) is 1.95. The summed E-state index contributed by atoms with van der Waals surface area (Å²) in [5.41, 5.74) is 1.13. The Kier molecular flexibility index (Phi) is 3.51. The number of furan rings is 1. The molecular weight excluding hydrogens is 242 g/mol. The van der Waals surface area contributed by atoms with E-state index in [1.54, 1.807) is 20.1 Å². The number of rotatable bonds is 5. The lowest BCUT2D eigenvalue weighted by Crippen LogP contribution is -2.30. The predicted molar refractivity (Wildman–Crippen MR) is 75.5 cm³/mol. The Morgan fingerprint density at radius 3 is 2.74 bits per heavy atom. The first-order valence-electron chi connectivity index (χ1n) is 6.32. The van der Waals surface area contributed by atoms with Gasteiger partial charge in [0.15, 0.2) is 0 Å². The summed E-state index contributed by atoms with van der Waals surface area (Å²) in [6, 6.07) is 7.83. The number of carboxylic acids is 1. The second-order valence-electron chi connectivity index (χ2n) is 5.48. The highest BCUT2D eigenvalue weighted by Crippen LogP contribution is 2.29. The van der Waals surface area contributed by atoms with E-state index in [1.165, 1.54) is 0 Å². The normalized spacial score (nSPS) is 11.7. The van der Waals surface area contributed by atoms with Crippen molar-refractivity contribution in [2.24, 2.45) is 5.41 Å². The quantitative estimate of drug-likeness (QED) is 0.896. The molecule has 19 heavy (non-hydrogen) atoms. The van der Waals surface area contributed by atoms with Gasteiger partial charge in [-0.1, -0.05) is 12.1 Å². The van der Waals surface area contributed by atoms with Crippen molar-refractivity contribution in [3.8, 4) is 0 Å². The van der Waals surface area contributed by atoms with E-state index in [0.717, 1.165) is 16.7 Å². The van der Waals surface area contributed by atoms with Crippen molar-refractivity contribution in [2.45, 2.75) is 20.3 Å².